The van der Waals surface area contributed by atoms with Gasteiger partial charge in [0.25, 0.3) is 11.5 Å². The maximum atomic E-state index is 13.2. The normalized spacial score (nSPS) is 10.7. The largest absolute Gasteiger partial charge is 0.339 e. The molecule has 1 aromatic heterocycles. The molecule has 0 spiro atoms. The molecule has 1 amide bonds. The first kappa shape index (κ1) is 21.6. The SMILES string of the molecule is CCN(CC)C(=O)c1ccc2c(=O)n(CCc3ccccc3)c(SCC#N)nc2c1. The van der Waals surface area contributed by atoms with Crippen LogP contribution in [0.2, 0.25) is 0 Å². The van der Waals surface area contributed by atoms with E-state index < -0.39 is 0 Å². The van der Waals surface area contributed by atoms with Crippen LogP contribution in [0.15, 0.2) is 58.5 Å². The summed E-state index contributed by atoms with van der Waals surface area (Å²) in [5.74, 6) is 0.115. The fourth-order valence-corrected chi connectivity index (χ4v) is 4.00. The minimum atomic E-state index is -0.154. The number of hydrogen-bond acceptors (Lipinski definition) is 5. The van der Waals surface area contributed by atoms with Crippen LogP contribution in [0.1, 0.15) is 29.8 Å². The second-order valence-corrected chi connectivity index (χ2v) is 7.69. The van der Waals surface area contributed by atoms with Crippen molar-refractivity contribution in [3.63, 3.8) is 0 Å². The number of nitrogens with zero attached hydrogens (tertiary/aromatic N) is 4. The van der Waals surface area contributed by atoms with Gasteiger partial charge in [-0.15, -0.1) is 0 Å². The number of amides is 1. The van der Waals surface area contributed by atoms with Crippen molar-refractivity contribution < 1.29 is 4.79 Å². The zero-order valence-electron chi connectivity index (χ0n) is 17.2. The smallest absolute Gasteiger partial charge is 0.262 e. The van der Waals surface area contributed by atoms with Gasteiger partial charge in [0, 0.05) is 25.2 Å². The molecule has 0 fully saturated rings. The number of aromatic nitrogens is 2. The summed E-state index contributed by atoms with van der Waals surface area (Å²) in [6.07, 6.45) is 0.687. The van der Waals surface area contributed by atoms with E-state index in [1.54, 1.807) is 27.7 Å². The van der Waals surface area contributed by atoms with Crippen molar-refractivity contribution in [1.82, 2.24) is 14.5 Å². The Balaban J connectivity index is 2.02. The molecule has 0 unspecified atom stereocenters. The van der Waals surface area contributed by atoms with Crippen molar-refractivity contribution in [1.29, 1.82) is 5.26 Å². The Kier molecular flexibility index (Phi) is 7.26. The monoisotopic (exact) mass is 420 g/mol. The van der Waals surface area contributed by atoms with Crippen LogP contribution in [0, 0.1) is 11.3 Å². The molecule has 3 rings (SSSR count). The van der Waals surface area contributed by atoms with Crippen LogP contribution >= 0.6 is 11.8 Å². The van der Waals surface area contributed by atoms with E-state index in [4.69, 9.17) is 5.26 Å². The van der Waals surface area contributed by atoms with Crippen LogP contribution < -0.4 is 5.56 Å². The van der Waals surface area contributed by atoms with E-state index in [-0.39, 0.29) is 17.2 Å². The van der Waals surface area contributed by atoms with Gasteiger partial charge in [0.2, 0.25) is 0 Å². The fraction of sp³-hybridized carbons (Fsp3) is 0.304. The first-order valence-electron chi connectivity index (χ1n) is 9.96. The third kappa shape index (κ3) is 4.71. The lowest BCUT2D eigenvalue weighted by Crippen LogP contribution is -2.30. The van der Waals surface area contributed by atoms with Crippen molar-refractivity contribution in [2.45, 2.75) is 32.0 Å². The Morgan fingerprint density at radius 2 is 1.90 bits per heavy atom. The van der Waals surface area contributed by atoms with Crippen molar-refractivity contribution >= 4 is 28.6 Å². The van der Waals surface area contributed by atoms with Crippen molar-refractivity contribution in [3.8, 4) is 6.07 Å². The number of hydrogen-bond donors (Lipinski definition) is 0. The molecule has 7 heteroatoms. The molecular weight excluding hydrogens is 396 g/mol. The molecule has 0 saturated carbocycles. The summed E-state index contributed by atoms with van der Waals surface area (Å²) in [7, 11) is 0. The molecule has 154 valence electrons. The number of carbonyl (C=O) groups is 1. The van der Waals surface area contributed by atoms with Crippen LogP contribution in [-0.4, -0.2) is 39.2 Å². The zero-order chi connectivity index (χ0) is 21.5. The minimum Gasteiger partial charge on any atom is -0.339 e. The predicted molar refractivity (Wildman–Crippen MR) is 120 cm³/mol. The highest BCUT2D eigenvalue weighted by Gasteiger charge is 2.16. The second-order valence-electron chi connectivity index (χ2n) is 6.74. The van der Waals surface area contributed by atoms with Gasteiger partial charge >= 0.3 is 0 Å². The van der Waals surface area contributed by atoms with Crippen LogP contribution in [0.3, 0.4) is 0 Å². The molecule has 0 bridgehead atoms. The second kappa shape index (κ2) is 10.1. The number of fused-ring (bicyclic) bond motifs is 1. The highest BCUT2D eigenvalue weighted by molar-refractivity contribution is 7.99. The van der Waals surface area contributed by atoms with E-state index in [9.17, 15) is 9.59 Å². The van der Waals surface area contributed by atoms with Gasteiger partial charge in [0.15, 0.2) is 5.16 Å². The maximum absolute atomic E-state index is 13.2. The molecule has 0 radical (unpaired) electrons. The molecule has 0 N–H and O–H groups in total. The highest BCUT2D eigenvalue weighted by atomic mass is 32.2. The standard InChI is InChI=1S/C23H24N4O2S/c1-3-26(4-2)21(28)18-10-11-19-20(16-18)25-23(30-15-13-24)27(22(19)29)14-12-17-8-6-5-7-9-17/h5-11,16H,3-4,12,14-15H2,1-2H3. The van der Waals surface area contributed by atoms with Gasteiger partial charge in [-0.05, 0) is 44.0 Å². The molecule has 0 atom stereocenters. The summed E-state index contributed by atoms with van der Waals surface area (Å²) in [6.45, 7) is 5.57. The molecule has 0 aliphatic heterocycles. The van der Waals surface area contributed by atoms with E-state index in [0.717, 1.165) is 5.56 Å². The van der Waals surface area contributed by atoms with E-state index in [2.05, 4.69) is 11.1 Å². The summed E-state index contributed by atoms with van der Waals surface area (Å²) in [6, 6.07) is 17.1. The van der Waals surface area contributed by atoms with Gasteiger partial charge in [-0.25, -0.2) is 4.98 Å². The Bertz CT molecular complexity index is 1130. The van der Waals surface area contributed by atoms with Crippen molar-refractivity contribution in [2.75, 3.05) is 18.8 Å². The summed E-state index contributed by atoms with van der Waals surface area (Å²) < 4.78 is 1.63. The van der Waals surface area contributed by atoms with Gasteiger partial charge in [0.05, 0.1) is 22.7 Å². The molecule has 2 aromatic carbocycles. The number of benzene rings is 2. The molecule has 0 saturated heterocycles. The van der Waals surface area contributed by atoms with Crippen molar-refractivity contribution in [3.05, 3.63) is 70.0 Å². The van der Waals surface area contributed by atoms with Gasteiger partial charge in [-0.1, -0.05) is 42.1 Å². The molecule has 0 aliphatic rings. The molecule has 0 aliphatic carbocycles. The first-order chi connectivity index (χ1) is 14.6. The fourth-order valence-electron chi connectivity index (χ4n) is 3.32. The average Bonchev–Trinajstić information content (AvgIpc) is 2.78. The summed E-state index contributed by atoms with van der Waals surface area (Å²) in [5, 5.41) is 9.98. The Morgan fingerprint density at radius 1 is 1.17 bits per heavy atom. The van der Waals surface area contributed by atoms with E-state index in [1.807, 2.05) is 44.2 Å². The van der Waals surface area contributed by atoms with Crippen LogP contribution in [0.25, 0.3) is 10.9 Å². The predicted octanol–water partition coefficient (Wildman–Crippen LogP) is 3.74. The topological polar surface area (TPSA) is 79.0 Å². The van der Waals surface area contributed by atoms with E-state index >= 15 is 0 Å². The Labute approximate surface area is 180 Å². The third-order valence-electron chi connectivity index (χ3n) is 4.95. The molecule has 6 nitrogen and oxygen atoms in total. The van der Waals surface area contributed by atoms with Crippen LogP contribution in [0.4, 0.5) is 0 Å². The molecular formula is C23H24N4O2S. The van der Waals surface area contributed by atoms with Gasteiger partial charge in [-0.2, -0.15) is 5.26 Å². The van der Waals surface area contributed by atoms with E-state index in [1.165, 1.54) is 11.8 Å². The summed E-state index contributed by atoms with van der Waals surface area (Å²) in [5.41, 5.74) is 1.96. The van der Waals surface area contributed by atoms with Gasteiger partial charge in [0.1, 0.15) is 0 Å². The summed E-state index contributed by atoms with van der Waals surface area (Å²) >= 11 is 1.24. The Morgan fingerprint density at radius 3 is 2.57 bits per heavy atom. The lowest BCUT2D eigenvalue weighted by molar-refractivity contribution is 0.0773. The summed E-state index contributed by atoms with van der Waals surface area (Å²) in [4.78, 5) is 32.3. The van der Waals surface area contributed by atoms with E-state index in [0.29, 0.717) is 47.7 Å². The van der Waals surface area contributed by atoms with Gasteiger partial charge in [-0.3, -0.25) is 14.2 Å². The lowest BCUT2D eigenvalue weighted by atomic mass is 10.1. The number of thioether (sulfide) groups is 1. The molecule has 1 heterocycles. The third-order valence-corrected chi connectivity index (χ3v) is 5.79. The maximum Gasteiger partial charge on any atom is 0.262 e. The highest BCUT2D eigenvalue weighted by Crippen LogP contribution is 2.20. The average molecular weight is 421 g/mol. The number of nitriles is 1. The molecule has 3 aromatic rings. The lowest BCUT2D eigenvalue weighted by Gasteiger charge is -2.19. The number of carbonyl (C=O) groups excluding carboxylic acids is 1. The minimum absolute atomic E-state index is 0.0804. The van der Waals surface area contributed by atoms with Crippen molar-refractivity contribution in [2.24, 2.45) is 0 Å². The Hall–Kier alpha value is -3.11. The van der Waals surface area contributed by atoms with Crippen LogP contribution in [0.5, 0.6) is 0 Å². The quantitative estimate of drug-likeness (QED) is 0.410. The molecule has 30 heavy (non-hydrogen) atoms. The number of rotatable bonds is 8. The number of aryl methyl sites for hydroxylation is 1. The first-order valence-corrected chi connectivity index (χ1v) is 10.9. The zero-order valence-corrected chi connectivity index (χ0v) is 18.0. The van der Waals surface area contributed by atoms with Gasteiger partial charge < -0.3 is 4.90 Å². The van der Waals surface area contributed by atoms with Crippen LogP contribution in [-0.2, 0) is 13.0 Å².